The zero-order valence-electron chi connectivity index (χ0n) is 25.5. The lowest BCUT2D eigenvalue weighted by Crippen LogP contribution is -2.60. The van der Waals surface area contributed by atoms with Gasteiger partial charge in [0.05, 0.1) is 12.7 Å². The number of allylic oxidation sites excluding steroid dienone is 6. The molecule has 0 bridgehead atoms. The van der Waals surface area contributed by atoms with E-state index >= 15 is 0 Å². The van der Waals surface area contributed by atoms with Crippen molar-refractivity contribution in [3.63, 3.8) is 0 Å². The molecule has 0 aromatic rings. The zero-order valence-corrected chi connectivity index (χ0v) is 25.5. The Balaban J connectivity index is 1.28. The van der Waals surface area contributed by atoms with E-state index in [1.54, 1.807) is 11.1 Å². The summed E-state index contributed by atoms with van der Waals surface area (Å²) in [5, 5.41) is 40.3. The van der Waals surface area contributed by atoms with Gasteiger partial charge in [0, 0.05) is 0 Å². The Labute approximate surface area is 241 Å². The lowest BCUT2D eigenvalue weighted by atomic mass is 9.51. The van der Waals surface area contributed by atoms with Gasteiger partial charge in [-0.3, -0.25) is 0 Å². The second-order valence-electron chi connectivity index (χ2n) is 14.7. The molecule has 40 heavy (non-hydrogen) atoms. The van der Waals surface area contributed by atoms with Gasteiger partial charge in [0.15, 0.2) is 6.29 Å². The molecule has 3 fully saturated rings. The van der Waals surface area contributed by atoms with Crippen LogP contribution in [0.2, 0.25) is 0 Å². The molecule has 5 rings (SSSR count). The van der Waals surface area contributed by atoms with Crippen molar-refractivity contribution in [3.05, 3.63) is 35.5 Å². The molecule has 13 unspecified atom stereocenters. The van der Waals surface area contributed by atoms with Crippen molar-refractivity contribution >= 4 is 0 Å². The van der Waals surface area contributed by atoms with Crippen molar-refractivity contribution in [3.8, 4) is 0 Å². The van der Waals surface area contributed by atoms with E-state index in [4.69, 9.17) is 9.47 Å². The van der Waals surface area contributed by atoms with Crippen molar-refractivity contribution < 1.29 is 29.9 Å². The van der Waals surface area contributed by atoms with Gasteiger partial charge in [-0.05, 0) is 102 Å². The van der Waals surface area contributed by atoms with Gasteiger partial charge in [0.1, 0.15) is 24.4 Å². The van der Waals surface area contributed by atoms with Gasteiger partial charge in [-0.2, -0.15) is 0 Å². The maximum atomic E-state index is 10.5. The summed E-state index contributed by atoms with van der Waals surface area (Å²) < 4.78 is 11.9. The van der Waals surface area contributed by atoms with Gasteiger partial charge in [0.25, 0.3) is 0 Å². The first kappa shape index (κ1) is 30.4. The minimum absolute atomic E-state index is 0.0966. The Morgan fingerprint density at radius 3 is 2.45 bits per heavy atom. The molecule has 0 radical (unpaired) electrons. The first-order valence-corrected chi connectivity index (χ1v) is 16.0. The third-order valence-electron chi connectivity index (χ3n) is 12.1. The second kappa shape index (κ2) is 11.6. The smallest absolute Gasteiger partial charge is 0.186 e. The normalized spacial score (nSPS) is 46.8. The van der Waals surface area contributed by atoms with Gasteiger partial charge in [-0.1, -0.05) is 65.8 Å². The molecule has 0 aromatic heterocycles. The van der Waals surface area contributed by atoms with Crippen molar-refractivity contribution in [2.75, 3.05) is 6.61 Å². The van der Waals surface area contributed by atoms with Crippen molar-refractivity contribution in [1.29, 1.82) is 0 Å². The minimum Gasteiger partial charge on any atom is -0.394 e. The molecule has 0 amide bonds. The van der Waals surface area contributed by atoms with E-state index in [2.05, 4.69) is 65.8 Å². The summed E-state index contributed by atoms with van der Waals surface area (Å²) in [6, 6.07) is 0. The molecule has 4 N–H and O–H groups in total. The van der Waals surface area contributed by atoms with E-state index in [0.717, 1.165) is 32.1 Å². The van der Waals surface area contributed by atoms with Crippen LogP contribution in [-0.2, 0) is 9.47 Å². The van der Waals surface area contributed by atoms with E-state index in [1.165, 1.54) is 12.8 Å². The minimum atomic E-state index is -1.40. The van der Waals surface area contributed by atoms with Crippen molar-refractivity contribution in [2.45, 2.75) is 123 Å². The van der Waals surface area contributed by atoms with Crippen LogP contribution in [0.25, 0.3) is 0 Å². The molecule has 0 aromatic carbocycles. The van der Waals surface area contributed by atoms with E-state index in [1.807, 2.05) is 0 Å². The topological polar surface area (TPSA) is 99.4 Å². The van der Waals surface area contributed by atoms with Crippen LogP contribution in [0.1, 0.15) is 86.5 Å². The lowest BCUT2D eigenvalue weighted by Gasteiger charge is -2.54. The molecule has 6 nitrogen and oxygen atoms in total. The van der Waals surface area contributed by atoms with Gasteiger partial charge >= 0.3 is 0 Å². The quantitative estimate of drug-likeness (QED) is 0.323. The molecular weight excluding hydrogens is 504 g/mol. The number of hydrogen-bond donors (Lipinski definition) is 4. The fourth-order valence-corrected chi connectivity index (χ4v) is 8.91. The highest BCUT2D eigenvalue weighted by Gasteiger charge is 2.55. The number of fused-ring (bicyclic) bond motifs is 5. The molecule has 1 heterocycles. The van der Waals surface area contributed by atoms with E-state index in [-0.39, 0.29) is 11.5 Å². The molecule has 2 saturated carbocycles. The Hall–Kier alpha value is -1.02. The summed E-state index contributed by atoms with van der Waals surface area (Å²) >= 11 is 0. The van der Waals surface area contributed by atoms with Crippen LogP contribution >= 0.6 is 0 Å². The average molecular weight is 559 g/mol. The molecule has 0 spiro atoms. The van der Waals surface area contributed by atoms with Crippen LogP contribution in [0.5, 0.6) is 0 Å². The van der Waals surface area contributed by atoms with Gasteiger partial charge in [-0.15, -0.1) is 0 Å². The Kier molecular flexibility index (Phi) is 8.81. The van der Waals surface area contributed by atoms with Crippen LogP contribution in [0, 0.1) is 46.3 Å². The zero-order chi connectivity index (χ0) is 29.0. The van der Waals surface area contributed by atoms with Gasteiger partial charge < -0.3 is 29.9 Å². The van der Waals surface area contributed by atoms with E-state index < -0.39 is 37.3 Å². The van der Waals surface area contributed by atoms with Crippen LogP contribution in [0.4, 0.5) is 0 Å². The van der Waals surface area contributed by atoms with E-state index in [0.29, 0.717) is 40.9 Å². The molecular formula is C34H54O6. The highest BCUT2D eigenvalue weighted by Crippen LogP contribution is 2.65. The van der Waals surface area contributed by atoms with Crippen LogP contribution < -0.4 is 0 Å². The summed E-state index contributed by atoms with van der Waals surface area (Å²) in [6.45, 7) is 13.9. The summed E-state index contributed by atoms with van der Waals surface area (Å²) in [4.78, 5) is 0. The maximum Gasteiger partial charge on any atom is 0.186 e. The largest absolute Gasteiger partial charge is 0.394 e. The monoisotopic (exact) mass is 558 g/mol. The summed E-state index contributed by atoms with van der Waals surface area (Å²) in [5.74, 6) is 3.68. The molecule has 1 aliphatic heterocycles. The molecule has 226 valence electrons. The van der Waals surface area contributed by atoms with Crippen LogP contribution in [0.15, 0.2) is 35.5 Å². The average Bonchev–Trinajstić information content (AvgIpc) is 3.29. The highest BCUT2D eigenvalue weighted by molar-refractivity contribution is 5.46. The maximum absolute atomic E-state index is 10.5. The number of rotatable bonds is 7. The molecule has 13 atom stereocenters. The van der Waals surface area contributed by atoms with Gasteiger partial charge in [0.2, 0.25) is 0 Å². The predicted octanol–water partition coefficient (Wildman–Crippen LogP) is 5.16. The van der Waals surface area contributed by atoms with Crippen molar-refractivity contribution in [2.24, 2.45) is 46.3 Å². The number of aliphatic hydroxyl groups is 4. The SMILES string of the molecule is CC(C)C(C)C=CC(C)C1CCC2C3=CCC4CC(OC5OC(CO)C(O)C(O)C5O)CCC4(C)C3=CCC21C. The summed E-state index contributed by atoms with van der Waals surface area (Å²) in [6.07, 6.45) is 11.4. The Morgan fingerprint density at radius 2 is 1.75 bits per heavy atom. The summed E-state index contributed by atoms with van der Waals surface area (Å²) in [7, 11) is 0. The van der Waals surface area contributed by atoms with Crippen molar-refractivity contribution in [1.82, 2.24) is 0 Å². The lowest BCUT2D eigenvalue weighted by molar-refractivity contribution is -0.314. The predicted molar refractivity (Wildman–Crippen MR) is 156 cm³/mol. The third kappa shape index (κ3) is 5.20. The highest BCUT2D eigenvalue weighted by atomic mass is 16.7. The van der Waals surface area contributed by atoms with E-state index in [9.17, 15) is 20.4 Å². The Morgan fingerprint density at radius 1 is 1.00 bits per heavy atom. The molecule has 5 aliphatic rings. The first-order chi connectivity index (χ1) is 18.9. The fourth-order valence-electron chi connectivity index (χ4n) is 8.91. The Bertz CT molecular complexity index is 1000. The fraction of sp³-hybridized carbons (Fsp3) is 0.824. The summed E-state index contributed by atoms with van der Waals surface area (Å²) in [5.41, 5.74) is 3.63. The number of hydrogen-bond acceptors (Lipinski definition) is 6. The van der Waals surface area contributed by atoms with Gasteiger partial charge in [-0.25, -0.2) is 0 Å². The standard InChI is InChI=1S/C34H54O6/c1-19(2)20(3)7-8-21(4)25-11-12-26-24-10-9-22-17-23(13-15-33(22,5)27(24)14-16-34(25,26)6)39-32-31(38)30(37)29(36)28(18-35)40-32/h7-8,10,14,19-23,25-26,28-32,35-38H,9,11-13,15-18H2,1-6H3. The molecule has 1 saturated heterocycles. The number of aliphatic hydroxyl groups excluding tert-OH is 4. The number of ether oxygens (including phenoxy) is 2. The van der Waals surface area contributed by atoms with Crippen LogP contribution in [-0.4, -0.2) is 63.8 Å². The third-order valence-corrected chi connectivity index (χ3v) is 12.1. The van der Waals surface area contributed by atoms with Crippen LogP contribution in [0.3, 0.4) is 0 Å². The molecule has 6 heteroatoms. The second-order valence-corrected chi connectivity index (χ2v) is 14.7. The molecule has 4 aliphatic carbocycles. The first-order valence-electron chi connectivity index (χ1n) is 16.0.